The maximum absolute atomic E-state index is 9.58. The van der Waals surface area contributed by atoms with Crippen molar-refractivity contribution in [2.45, 2.75) is 0 Å². The van der Waals surface area contributed by atoms with Crippen molar-refractivity contribution in [1.82, 2.24) is 5.32 Å². The fraction of sp³-hybridized carbons (Fsp3) is 0.222. The number of nitrogens with one attached hydrogen (secondary N) is 1. The predicted octanol–water partition coefficient (Wildman–Crippen LogP) is 2.23. The lowest BCUT2D eigenvalue weighted by Gasteiger charge is -2.00. The molecular weight excluding hydrogens is 290 g/mol. The Morgan fingerprint density at radius 3 is 1.61 bits per heavy atom. The molecule has 2 aromatic rings. The maximum Gasteiger partial charge on any atom is 0.124 e. The number of hydrogen-bond donors (Lipinski definition) is 3. The summed E-state index contributed by atoms with van der Waals surface area (Å²) in [6.07, 6.45) is 3.35. The molecule has 0 atom stereocenters. The second-order valence-corrected chi connectivity index (χ2v) is 4.94. The molecule has 0 unspecified atom stereocenters. The molecular formula is C18H21N3O2. The van der Waals surface area contributed by atoms with E-state index in [0.29, 0.717) is 13.1 Å². The van der Waals surface area contributed by atoms with Gasteiger partial charge in [-0.2, -0.15) is 0 Å². The van der Waals surface area contributed by atoms with Gasteiger partial charge in [-0.15, -0.1) is 0 Å². The molecule has 0 fully saturated rings. The van der Waals surface area contributed by atoms with Crippen molar-refractivity contribution in [3.63, 3.8) is 0 Å². The van der Waals surface area contributed by atoms with Gasteiger partial charge in [0, 0.05) is 36.6 Å². The number of aromatic hydroxyl groups is 2. The summed E-state index contributed by atoms with van der Waals surface area (Å²) in [5.74, 6) is 0.477. The molecule has 0 radical (unpaired) electrons. The van der Waals surface area contributed by atoms with Crippen molar-refractivity contribution in [2.75, 3.05) is 26.2 Å². The number of hydrogen-bond acceptors (Lipinski definition) is 5. The van der Waals surface area contributed by atoms with Crippen molar-refractivity contribution in [1.29, 1.82) is 0 Å². The van der Waals surface area contributed by atoms with E-state index in [1.54, 1.807) is 36.7 Å². The van der Waals surface area contributed by atoms with Gasteiger partial charge in [0.1, 0.15) is 11.5 Å². The number of benzene rings is 2. The summed E-state index contributed by atoms with van der Waals surface area (Å²) in [6, 6.07) is 14.2. The molecule has 0 aliphatic rings. The number of rotatable bonds is 8. The minimum Gasteiger partial charge on any atom is -0.507 e. The molecule has 0 amide bonds. The van der Waals surface area contributed by atoms with E-state index < -0.39 is 0 Å². The highest BCUT2D eigenvalue weighted by Crippen LogP contribution is 2.13. The molecule has 0 spiro atoms. The van der Waals surface area contributed by atoms with Gasteiger partial charge in [-0.25, -0.2) is 0 Å². The lowest BCUT2D eigenvalue weighted by atomic mass is 10.2. The van der Waals surface area contributed by atoms with Gasteiger partial charge in [0.2, 0.25) is 0 Å². The molecule has 0 bridgehead atoms. The second kappa shape index (κ2) is 9.38. The Balaban J connectivity index is 1.60. The Bertz CT molecular complexity index is 611. The third kappa shape index (κ3) is 5.92. The first kappa shape index (κ1) is 16.7. The molecule has 0 aliphatic heterocycles. The zero-order valence-corrected chi connectivity index (χ0v) is 12.9. The van der Waals surface area contributed by atoms with Gasteiger partial charge in [0.05, 0.1) is 13.1 Å². The second-order valence-electron chi connectivity index (χ2n) is 4.94. The van der Waals surface area contributed by atoms with Crippen LogP contribution in [0.3, 0.4) is 0 Å². The summed E-state index contributed by atoms with van der Waals surface area (Å²) in [5, 5.41) is 22.4. The van der Waals surface area contributed by atoms with Gasteiger partial charge in [-0.3, -0.25) is 9.98 Å². The van der Waals surface area contributed by atoms with Gasteiger partial charge in [0.25, 0.3) is 0 Å². The Hall–Kier alpha value is -2.66. The van der Waals surface area contributed by atoms with Gasteiger partial charge < -0.3 is 15.5 Å². The third-order valence-electron chi connectivity index (χ3n) is 3.17. The van der Waals surface area contributed by atoms with Crippen LogP contribution in [0.1, 0.15) is 11.1 Å². The van der Waals surface area contributed by atoms with E-state index >= 15 is 0 Å². The van der Waals surface area contributed by atoms with E-state index in [4.69, 9.17) is 0 Å². The molecule has 5 nitrogen and oxygen atoms in total. The third-order valence-corrected chi connectivity index (χ3v) is 3.17. The SMILES string of the molecule is Oc1ccccc1/C=N\CCNCC/N=C\c1ccccc1O. The first-order chi connectivity index (χ1) is 11.3. The normalized spacial score (nSPS) is 11.5. The van der Waals surface area contributed by atoms with E-state index in [0.717, 1.165) is 24.2 Å². The fourth-order valence-electron chi connectivity index (χ4n) is 1.93. The molecule has 5 heteroatoms. The van der Waals surface area contributed by atoms with Crippen LogP contribution in [0, 0.1) is 0 Å². The smallest absolute Gasteiger partial charge is 0.124 e. The van der Waals surface area contributed by atoms with Crippen molar-refractivity contribution >= 4 is 12.4 Å². The summed E-state index contributed by atoms with van der Waals surface area (Å²) in [6.45, 7) is 2.77. The summed E-state index contributed by atoms with van der Waals surface area (Å²) >= 11 is 0. The van der Waals surface area contributed by atoms with E-state index in [2.05, 4.69) is 15.3 Å². The quantitative estimate of drug-likeness (QED) is 0.517. The Morgan fingerprint density at radius 2 is 1.17 bits per heavy atom. The molecule has 3 N–H and O–H groups in total. The molecule has 0 saturated heterocycles. The highest BCUT2D eigenvalue weighted by atomic mass is 16.3. The summed E-state index contributed by atoms with van der Waals surface area (Å²) in [4.78, 5) is 8.52. The van der Waals surface area contributed by atoms with Crippen LogP contribution in [0.15, 0.2) is 58.5 Å². The molecule has 120 valence electrons. The van der Waals surface area contributed by atoms with Crippen LogP contribution in [0.25, 0.3) is 0 Å². The van der Waals surface area contributed by atoms with Crippen LogP contribution in [0.4, 0.5) is 0 Å². The van der Waals surface area contributed by atoms with E-state index in [1.807, 2.05) is 24.3 Å². The summed E-state index contributed by atoms with van der Waals surface area (Å²) in [5.41, 5.74) is 1.44. The summed E-state index contributed by atoms with van der Waals surface area (Å²) < 4.78 is 0. The Morgan fingerprint density at radius 1 is 0.739 bits per heavy atom. The first-order valence-electron chi connectivity index (χ1n) is 7.54. The van der Waals surface area contributed by atoms with E-state index in [1.165, 1.54) is 0 Å². The average Bonchev–Trinajstić information content (AvgIpc) is 2.56. The molecule has 0 heterocycles. The minimum absolute atomic E-state index is 0.239. The number of aliphatic imine (C=N–C) groups is 2. The first-order valence-corrected chi connectivity index (χ1v) is 7.54. The predicted molar refractivity (Wildman–Crippen MR) is 94.0 cm³/mol. The number of phenolic OH excluding ortho intramolecular Hbond substituents is 2. The van der Waals surface area contributed by atoms with Gasteiger partial charge in [0.15, 0.2) is 0 Å². The monoisotopic (exact) mass is 311 g/mol. The molecule has 2 rings (SSSR count). The number of phenols is 2. The largest absolute Gasteiger partial charge is 0.507 e. The van der Waals surface area contributed by atoms with Gasteiger partial charge in [-0.05, 0) is 24.3 Å². The number of para-hydroxylation sites is 2. The Kier molecular flexibility index (Phi) is 6.81. The highest BCUT2D eigenvalue weighted by molar-refractivity contribution is 5.83. The molecule has 0 aromatic heterocycles. The van der Waals surface area contributed by atoms with Crippen LogP contribution >= 0.6 is 0 Å². The maximum atomic E-state index is 9.58. The van der Waals surface area contributed by atoms with Crippen molar-refractivity contribution in [3.8, 4) is 11.5 Å². The molecule has 0 saturated carbocycles. The van der Waals surface area contributed by atoms with E-state index in [-0.39, 0.29) is 11.5 Å². The van der Waals surface area contributed by atoms with E-state index in [9.17, 15) is 10.2 Å². The van der Waals surface area contributed by atoms with Gasteiger partial charge >= 0.3 is 0 Å². The zero-order chi connectivity index (χ0) is 16.3. The van der Waals surface area contributed by atoms with Crippen LogP contribution in [-0.2, 0) is 0 Å². The topological polar surface area (TPSA) is 77.2 Å². The lowest BCUT2D eigenvalue weighted by Crippen LogP contribution is -2.20. The van der Waals surface area contributed by atoms with Crippen molar-refractivity contribution in [3.05, 3.63) is 59.7 Å². The molecule has 0 aliphatic carbocycles. The lowest BCUT2D eigenvalue weighted by molar-refractivity contribution is 0.474. The summed E-state index contributed by atoms with van der Waals surface area (Å²) in [7, 11) is 0. The van der Waals surface area contributed by atoms with Crippen molar-refractivity contribution in [2.24, 2.45) is 9.98 Å². The molecule has 2 aromatic carbocycles. The fourth-order valence-corrected chi connectivity index (χ4v) is 1.93. The van der Waals surface area contributed by atoms with Crippen molar-refractivity contribution < 1.29 is 10.2 Å². The van der Waals surface area contributed by atoms with Crippen LogP contribution < -0.4 is 5.32 Å². The van der Waals surface area contributed by atoms with Crippen LogP contribution in [0.5, 0.6) is 11.5 Å². The number of nitrogens with zero attached hydrogens (tertiary/aromatic N) is 2. The highest BCUT2D eigenvalue weighted by Gasteiger charge is 1.95. The van der Waals surface area contributed by atoms with Crippen LogP contribution in [0.2, 0.25) is 0 Å². The standard InChI is InChI=1S/C18H21N3O2/c22-17-7-3-1-5-15(17)13-20-11-9-19-10-12-21-14-16-6-2-4-8-18(16)23/h1-8,13-14,19,22-23H,9-12H2/b20-13-,21-14-. The molecule has 23 heavy (non-hydrogen) atoms. The Labute approximate surface area is 136 Å². The average molecular weight is 311 g/mol. The van der Waals surface area contributed by atoms with Crippen LogP contribution in [-0.4, -0.2) is 48.8 Å². The minimum atomic E-state index is 0.239. The zero-order valence-electron chi connectivity index (χ0n) is 12.9. The van der Waals surface area contributed by atoms with Gasteiger partial charge in [-0.1, -0.05) is 24.3 Å².